The quantitative estimate of drug-likeness (QED) is 0.783. The average Bonchev–Trinajstić information content (AvgIpc) is 3.05. The second-order valence-corrected chi connectivity index (χ2v) is 4.49. The van der Waals surface area contributed by atoms with Crippen LogP contribution in [0.4, 0.5) is 5.69 Å². The van der Waals surface area contributed by atoms with Gasteiger partial charge in [-0.1, -0.05) is 18.2 Å². The van der Waals surface area contributed by atoms with E-state index in [1.165, 1.54) is 0 Å². The van der Waals surface area contributed by atoms with Gasteiger partial charge in [0, 0.05) is 18.0 Å². The first-order valence-electron chi connectivity index (χ1n) is 6.78. The number of hydrogen-bond donors (Lipinski definition) is 1. The first-order valence-corrected chi connectivity index (χ1v) is 6.78. The maximum absolute atomic E-state index is 5.12. The van der Waals surface area contributed by atoms with Gasteiger partial charge < -0.3 is 10.1 Å². The summed E-state index contributed by atoms with van der Waals surface area (Å²) >= 11 is 0. The molecule has 1 aromatic heterocycles. The van der Waals surface area contributed by atoms with Crippen molar-refractivity contribution in [2.45, 2.75) is 0 Å². The Bertz CT molecular complexity index is 750. The Kier molecular flexibility index (Phi) is 4.10. The van der Waals surface area contributed by atoms with Crippen LogP contribution < -0.4 is 10.1 Å². The van der Waals surface area contributed by atoms with E-state index in [-0.39, 0.29) is 0 Å². The van der Waals surface area contributed by atoms with Crippen LogP contribution in [0.2, 0.25) is 0 Å². The monoisotopic (exact) mass is 293 g/mol. The van der Waals surface area contributed by atoms with Crippen molar-refractivity contribution >= 4 is 11.8 Å². The first-order chi connectivity index (χ1) is 10.9. The van der Waals surface area contributed by atoms with Crippen LogP contribution >= 0.6 is 0 Å². The number of benzene rings is 2. The number of aromatic nitrogens is 4. The van der Waals surface area contributed by atoms with Gasteiger partial charge in [-0.25, -0.2) is 0 Å². The molecular weight excluding hydrogens is 278 g/mol. The van der Waals surface area contributed by atoms with E-state index >= 15 is 0 Å². The summed E-state index contributed by atoms with van der Waals surface area (Å²) in [5.74, 6) is 1.47. The van der Waals surface area contributed by atoms with Crippen LogP contribution in [0.5, 0.6) is 5.75 Å². The van der Waals surface area contributed by atoms with Crippen LogP contribution in [0.1, 0.15) is 5.82 Å². The fourth-order valence-corrected chi connectivity index (χ4v) is 1.95. The van der Waals surface area contributed by atoms with Gasteiger partial charge in [-0.15, -0.1) is 5.10 Å². The molecule has 0 aliphatic carbocycles. The van der Waals surface area contributed by atoms with Gasteiger partial charge >= 0.3 is 0 Å². The number of tetrazole rings is 1. The molecule has 22 heavy (non-hydrogen) atoms. The van der Waals surface area contributed by atoms with Crippen molar-refractivity contribution in [3.63, 3.8) is 0 Å². The van der Waals surface area contributed by atoms with Gasteiger partial charge in [-0.3, -0.25) is 0 Å². The Hall–Kier alpha value is -3.15. The zero-order valence-electron chi connectivity index (χ0n) is 12.0. The molecule has 0 fully saturated rings. The zero-order chi connectivity index (χ0) is 15.2. The Labute approximate surface area is 128 Å². The molecule has 0 aliphatic heterocycles. The third-order valence-corrected chi connectivity index (χ3v) is 3.07. The van der Waals surface area contributed by atoms with E-state index < -0.39 is 0 Å². The molecule has 0 bridgehead atoms. The highest BCUT2D eigenvalue weighted by Gasteiger charge is 2.03. The van der Waals surface area contributed by atoms with Gasteiger partial charge in [0.05, 0.1) is 12.8 Å². The number of methoxy groups -OCH3 is 1. The van der Waals surface area contributed by atoms with Crippen LogP contribution in [0.25, 0.3) is 11.8 Å². The predicted octanol–water partition coefficient (Wildman–Crippen LogP) is 2.75. The smallest absolute Gasteiger partial charge is 0.181 e. The summed E-state index contributed by atoms with van der Waals surface area (Å²) in [6.07, 6.45) is 3.62. The molecule has 110 valence electrons. The summed E-state index contributed by atoms with van der Waals surface area (Å²) in [6, 6.07) is 17.4. The van der Waals surface area contributed by atoms with Crippen LogP contribution in [-0.4, -0.2) is 27.3 Å². The number of nitrogens with zero attached hydrogens (tertiary/aromatic N) is 4. The molecule has 0 unspecified atom stereocenters. The number of para-hydroxylation sites is 1. The normalized spacial score (nSPS) is 10.8. The van der Waals surface area contributed by atoms with E-state index in [0.29, 0.717) is 5.82 Å². The van der Waals surface area contributed by atoms with Gasteiger partial charge in [0.15, 0.2) is 5.82 Å². The lowest BCUT2D eigenvalue weighted by Crippen LogP contribution is -1.99. The molecule has 3 rings (SSSR count). The summed E-state index contributed by atoms with van der Waals surface area (Å²) < 4.78 is 6.79. The molecular formula is C16H15N5O. The standard InChI is InChI=1S/C16H15N5O/c1-22-15-9-7-13(8-10-15)17-12-11-16-18-19-20-21(16)14-5-3-2-4-6-14/h2-12,17H,1H3. The molecule has 0 spiro atoms. The third kappa shape index (κ3) is 3.12. The fraction of sp³-hybridized carbons (Fsp3) is 0.0625. The molecule has 0 aliphatic rings. The number of ether oxygens (including phenoxy) is 1. The van der Waals surface area contributed by atoms with Crippen molar-refractivity contribution in [1.82, 2.24) is 20.2 Å². The summed E-state index contributed by atoms with van der Waals surface area (Å²) in [7, 11) is 1.64. The zero-order valence-corrected chi connectivity index (χ0v) is 12.0. The maximum atomic E-state index is 5.12. The van der Waals surface area contributed by atoms with Crippen molar-refractivity contribution in [1.29, 1.82) is 0 Å². The SMILES string of the molecule is COc1ccc(NC=Cc2nnnn2-c2ccccc2)cc1. The summed E-state index contributed by atoms with van der Waals surface area (Å²) in [5, 5.41) is 14.9. The van der Waals surface area contributed by atoms with E-state index in [1.807, 2.05) is 60.7 Å². The summed E-state index contributed by atoms with van der Waals surface area (Å²) in [5.41, 5.74) is 1.87. The molecule has 6 nitrogen and oxygen atoms in total. The lowest BCUT2D eigenvalue weighted by molar-refractivity contribution is 0.415. The van der Waals surface area contributed by atoms with Gasteiger partial charge in [0.1, 0.15) is 5.75 Å². The number of anilines is 1. The minimum absolute atomic E-state index is 0.646. The number of nitrogens with one attached hydrogen (secondary N) is 1. The van der Waals surface area contributed by atoms with Gasteiger partial charge in [-0.2, -0.15) is 4.68 Å². The first kappa shape index (κ1) is 13.8. The van der Waals surface area contributed by atoms with E-state index in [4.69, 9.17) is 4.74 Å². The van der Waals surface area contributed by atoms with Gasteiger partial charge in [-0.05, 0) is 46.8 Å². The van der Waals surface area contributed by atoms with E-state index in [9.17, 15) is 0 Å². The Morgan fingerprint density at radius 3 is 2.55 bits per heavy atom. The molecule has 1 N–H and O–H groups in total. The van der Waals surface area contributed by atoms with Gasteiger partial charge in [0.25, 0.3) is 0 Å². The van der Waals surface area contributed by atoms with Crippen LogP contribution in [0.3, 0.4) is 0 Å². The van der Waals surface area contributed by atoms with Crippen molar-refractivity contribution in [3.05, 3.63) is 66.6 Å². The summed E-state index contributed by atoms with van der Waals surface area (Å²) in [4.78, 5) is 0. The lowest BCUT2D eigenvalue weighted by Gasteiger charge is -2.03. The minimum atomic E-state index is 0.646. The topological polar surface area (TPSA) is 64.9 Å². The second kappa shape index (κ2) is 6.53. The molecule has 3 aromatic rings. The van der Waals surface area contributed by atoms with Crippen LogP contribution in [0.15, 0.2) is 60.8 Å². The molecule has 0 saturated carbocycles. The molecule has 0 radical (unpaired) electrons. The molecule has 0 atom stereocenters. The highest BCUT2D eigenvalue weighted by molar-refractivity contribution is 5.53. The van der Waals surface area contributed by atoms with E-state index in [2.05, 4.69) is 20.8 Å². The van der Waals surface area contributed by atoms with Gasteiger partial charge in [0.2, 0.25) is 0 Å². The highest BCUT2D eigenvalue weighted by atomic mass is 16.5. The summed E-state index contributed by atoms with van der Waals surface area (Å²) in [6.45, 7) is 0. The predicted molar refractivity (Wildman–Crippen MR) is 84.8 cm³/mol. The van der Waals surface area contributed by atoms with Crippen LogP contribution in [0, 0.1) is 0 Å². The Balaban J connectivity index is 1.72. The highest BCUT2D eigenvalue weighted by Crippen LogP contribution is 2.15. The Morgan fingerprint density at radius 1 is 1.05 bits per heavy atom. The minimum Gasteiger partial charge on any atom is -0.497 e. The molecule has 2 aromatic carbocycles. The Morgan fingerprint density at radius 2 is 1.82 bits per heavy atom. The molecule has 0 amide bonds. The fourth-order valence-electron chi connectivity index (χ4n) is 1.95. The lowest BCUT2D eigenvalue weighted by atomic mass is 10.3. The van der Waals surface area contributed by atoms with Crippen molar-refractivity contribution in [2.75, 3.05) is 12.4 Å². The second-order valence-electron chi connectivity index (χ2n) is 4.49. The van der Waals surface area contributed by atoms with Crippen molar-refractivity contribution in [3.8, 4) is 11.4 Å². The molecule has 6 heteroatoms. The van der Waals surface area contributed by atoms with E-state index in [0.717, 1.165) is 17.1 Å². The van der Waals surface area contributed by atoms with Crippen molar-refractivity contribution < 1.29 is 4.74 Å². The molecule has 0 saturated heterocycles. The molecule has 1 heterocycles. The number of hydrogen-bond acceptors (Lipinski definition) is 5. The maximum Gasteiger partial charge on any atom is 0.181 e. The van der Waals surface area contributed by atoms with E-state index in [1.54, 1.807) is 18.0 Å². The third-order valence-electron chi connectivity index (χ3n) is 3.07. The van der Waals surface area contributed by atoms with Crippen LogP contribution in [-0.2, 0) is 0 Å². The average molecular weight is 293 g/mol. The number of rotatable bonds is 5. The largest absolute Gasteiger partial charge is 0.497 e. The van der Waals surface area contributed by atoms with Crippen molar-refractivity contribution in [2.24, 2.45) is 0 Å².